The highest BCUT2D eigenvalue weighted by Gasteiger charge is 2.17. The van der Waals surface area contributed by atoms with Crippen LogP contribution in [0.25, 0.3) is 10.9 Å². The SMILES string of the molecule is COc1cc(C(=O)c2c[nH]c3cccc(C)c23)ccc1F. The second-order valence-electron chi connectivity index (χ2n) is 4.88. The second-order valence-corrected chi connectivity index (χ2v) is 4.88. The summed E-state index contributed by atoms with van der Waals surface area (Å²) in [6.45, 7) is 1.96. The number of hydrogen-bond donors (Lipinski definition) is 1. The molecule has 0 aliphatic rings. The van der Waals surface area contributed by atoms with Crippen LogP contribution in [0.2, 0.25) is 0 Å². The Labute approximate surface area is 121 Å². The number of fused-ring (bicyclic) bond motifs is 1. The lowest BCUT2D eigenvalue weighted by Gasteiger charge is -2.05. The molecule has 1 aromatic heterocycles. The molecule has 0 saturated heterocycles. The molecule has 0 unspecified atom stereocenters. The van der Waals surface area contributed by atoms with Gasteiger partial charge in [0.2, 0.25) is 0 Å². The number of carbonyl (C=O) groups is 1. The average molecular weight is 283 g/mol. The second kappa shape index (κ2) is 5.05. The van der Waals surface area contributed by atoms with E-state index in [2.05, 4.69) is 4.98 Å². The minimum absolute atomic E-state index is 0.0670. The number of nitrogens with one attached hydrogen (secondary N) is 1. The highest BCUT2D eigenvalue weighted by atomic mass is 19.1. The zero-order chi connectivity index (χ0) is 15.0. The predicted molar refractivity (Wildman–Crippen MR) is 79.4 cm³/mol. The van der Waals surface area contributed by atoms with E-state index in [4.69, 9.17) is 4.74 Å². The number of halogens is 1. The minimum atomic E-state index is -0.482. The number of methoxy groups -OCH3 is 1. The van der Waals surface area contributed by atoms with Gasteiger partial charge < -0.3 is 9.72 Å². The first kappa shape index (κ1) is 13.4. The van der Waals surface area contributed by atoms with Crippen LogP contribution in [0.1, 0.15) is 21.5 Å². The average Bonchev–Trinajstić information content (AvgIpc) is 2.92. The maximum absolute atomic E-state index is 13.5. The number of ketones is 1. The van der Waals surface area contributed by atoms with Gasteiger partial charge in [0, 0.05) is 28.2 Å². The van der Waals surface area contributed by atoms with Crippen LogP contribution in [0.5, 0.6) is 5.75 Å². The minimum Gasteiger partial charge on any atom is -0.494 e. The molecule has 0 aliphatic heterocycles. The number of benzene rings is 2. The fourth-order valence-electron chi connectivity index (χ4n) is 2.50. The molecule has 0 atom stereocenters. The van der Waals surface area contributed by atoms with Crippen LogP contribution < -0.4 is 4.74 Å². The molecule has 0 radical (unpaired) electrons. The van der Waals surface area contributed by atoms with Gasteiger partial charge in [0.15, 0.2) is 17.3 Å². The first-order valence-electron chi connectivity index (χ1n) is 6.56. The van der Waals surface area contributed by atoms with Crippen LogP contribution >= 0.6 is 0 Å². The summed E-state index contributed by atoms with van der Waals surface area (Å²) in [7, 11) is 1.38. The molecule has 0 amide bonds. The number of hydrogen-bond acceptors (Lipinski definition) is 2. The van der Waals surface area contributed by atoms with Gasteiger partial charge in [-0.15, -0.1) is 0 Å². The van der Waals surface area contributed by atoms with Gasteiger partial charge in [-0.2, -0.15) is 0 Å². The van der Waals surface area contributed by atoms with Gasteiger partial charge in [0.05, 0.1) is 7.11 Å². The van der Waals surface area contributed by atoms with E-state index in [0.29, 0.717) is 11.1 Å². The summed E-state index contributed by atoms with van der Waals surface area (Å²) in [4.78, 5) is 15.7. The maximum Gasteiger partial charge on any atom is 0.195 e. The third kappa shape index (κ3) is 2.18. The Hall–Kier alpha value is -2.62. The maximum atomic E-state index is 13.5. The molecule has 0 spiro atoms. The van der Waals surface area contributed by atoms with Crippen LogP contribution in [0, 0.1) is 12.7 Å². The molecule has 21 heavy (non-hydrogen) atoms. The third-order valence-corrected chi connectivity index (χ3v) is 3.57. The van der Waals surface area contributed by atoms with Crippen molar-refractivity contribution in [3.63, 3.8) is 0 Å². The highest BCUT2D eigenvalue weighted by Crippen LogP contribution is 2.26. The van der Waals surface area contributed by atoms with Crippen molar-refractivity contribution < 1.29 is 13.9 Å². The van der Waals surface area contributed by atoms with Crippen molar-refractivity contribution in [2.24, 2.45) is 0 Å². The van der Waals surface area contributed by atoms with Crippen molar-refractivity contribution in [2.75, 3.05) is 7.11 Å². The number of rotatable bonds is 3. The summed E-state index contributed by atoms with van der Waals surface area (Å²) >= 11 is 0. The summed E-state index contributed by atoms with van der Waals surface area (Å²) in [5.41, 5.74) is 2.91. The quantitative estimate of drug-likeness (QED) is 0.742. The van der Waals surface area contributed by atoms with Crippen LogP contribution in [0.4, 0.5) is 4.39 Å². The number of ether oxygens (including phenoxy) is 1. The molecule has 3 nitrogen and oxygen atoms in total. The summed E-state index contributed by atoms with van der Waals surface area (Å²) in [5.74, 6) is -0.574. The van der Waals surface area contributed by atoms with Crippen molar-refractivity contribution in [1.82, 2.24) is 4.98 Å². The molecule has 1 N–H and O–H groups in total. The number of carbonyl (C=O) groups excluding carboxylic acids is 1. The van der Waals surface area contributed by atoms with Gasteiger partial charge in [0.1, 0.15) is 0 Å². The van der Waals surface area contributed by atoms with E-state index in [1.807, 2.05) is 25.1 Å². The molecule has 0 saturated carbocycles. The predicted octanol–water partition coefficient (Wildman–Crippen LogP) is 3.86. The molecule has 3 rings (SSSR count). The van der Waals surface area contributed by atoms with Crippen molar-refractivity contribution in [3.05, 3.63) is 65.1 Å². The van der Waals surface area contributed by atoms with Gasteiger partial charge in [0.25, 0.3) is 0 Å². The van der Waals surface area contributed by atoms with Crippen molar-refractivity contribution in [1.29, 1.82) is 0 Å². The topological polar surface area (TPSA) is 42.1 Å². The Morgan fingerprint density at radius 2 is 2.05 bits per heavy atom. The molecule has 1 heterocycles. The zero-order valence-corrected chi connectivity index (χ0v) is 11.7. The fourth-order valence-corrected chi connectivity index (χ4v) is 2.50. The van der Waals surface area contributed by atoms with E-state index in [-0.39, 0.29) is 11.5 Å². The van der Waals surface area contributed by atoms with Crippen LogP contribution in [0.3, 0.4) is 0 Å². The molecular formula is C17H14FNO2. The van der Waals surface area contributed by atoms with Crippen LogP contribution in [-0.4, -0.2) is 17.9 Å². The van der Waals surface area contributed by atoms with E-state index >= 15 is 0 Å². The lowest BCUT2D eigenvalue weighted by Crippen LogP contribution is -2.02. The first-order valence-corrected chi connectivity index (χ1v) is 6.56. The Bertz CT molecular complexity index is 836. The van der Waals surface area contributed by atoms with Gasteiger partial charge in [-0.3, -0.25) is 4.79 Å². The molecular weight excluding hydrogens is 269 g/mol. The van der Waals surface area contributed by atoms with Crippen molar-refractivity contribution in [2.45, 2.75) is 6.92 Å². The summed E-state index contributed by atoms with van der Waals surface area (Å²) in [6, 6.07) is 9.95. The van der Waals surface area contributed by atoms with Gasteiger partial charge >= 0.3 is 0 Å². The summed E-state index contributed by atoms with van der Waals surface area (Å²) in [6.07, 6.45) is 1.69. The van der Waals surface area contributed by atoms with Crippen molar-refractivity contribution >= 4 is 16.7 Å². The summed E-state index contributed by atoms with van der Waals surface area (Å²) in [5, 5.41) is 0.894. The number of aromatic amines is 1. The van der Waals surface area contributed by atoms with Crippen molar-refractivity contribution in [3.8, 4) is 5.75 Å². The smallest absolute Gasteiger partial charge is 0.195 e. The fraction of sp³-hybridized carbons (Fsp3) is 0.118. The largest absolute Gasteiger partial charge is 0.494 e. The standard InChI is InChI=1S/C17H14FNO2/c1-10-4-3-5-14-16(10)12(9-19-14)17(20)11-6-7-13(18)15(8-11)21-2/h3-9,19H,1-2H3. The number of H-pyrrole nitrogens is 1. The monoisotopic (exact) mass is 283 g/mol. The van der Waals surface area contributed by atoms with Crippen LogP contribution in [-0.2, 0) is 0 Å². The third-order valence-electron chi connectivity index (χ3n) is 3.57. The lowest BCUT2D eigenvalue weighted by molar-refractivity contribution is 0.104. The summed E-state index contributed by atoms with van der Waals surface area (Å²) < 4.78 is 18.4. The Morgan fingerprint density at radius 3 is 2.81 bits per heavy atom. The normalized spacial score (nSPS) is 10.8. The molecule has 0 fully saturated rings. The number of aryl methyl sites for hydroxylation is 1. The highest BCUT2D eigenvalue weighted by molar-refractivity contribution is 6.17. The van der Waals surface area contributed by atoms with E-state index in [1.165, 1.54) is 25.3 Å². The van der Waals surface area contributed by atoms with Gasteiger partial charge in [-0.05, 0) is 36.8 Å². The van der Waals surface area contributed by atoms with E-state index in [0.717, 1.165) is 16.5 Å². The molecule has 4 heteroatoms. The lowest BCUT2D eigenvalue weighted by atomic mass is 10.00. The van der Waals surface area contributed by atoms with E-state index < -0.39 is 5.82 Å². The first-order chi connectivity index (χ1) is 10.1. The van der Waals surface area contributed by atoms with Gasteiger partial charge in [-0.1, -0.05) is 12.1 Å². The van der Waals surface area contributed by atoms with E-state index in [1.54, 1.807) is 6.20 Å². The molecule has 0 bridgehead atoms. The molecule has 0 aliphatic carbocycles. The molecule has 2 aromatic carbocycles. The molecule has 3 aromatic rings. The van der Waals surface area contributed by atoms with Crippen LogP contribution in [0.15, 0.2) is 42.6 Å². The van der Waals surface area contributed by atoms with Gasteiger partial charge in [-0.25, -0.2) is 4.39 Å². The van der Waals surface area contributed by atoms with E-state index in [9.17, 15) is 9.18 Å². The Morgan fingerprint density at radius 1 is 1.24 bits per heavy atom. The Balaban J connectivity index is 2.13. The molecule has 106 valence electrons. The number of aromatic nitrogens is 1. The Kier molecular flexibility index (Phi) is 3.22. The zero-order valence-electron chi connectivity index (χ0n) is 11.7.